The van der Waals surface area contributed by atoms with Crippen molar-refractivity contribution in [1.29, 1.82) is 0 Å². The molecule has 252 valence electrons. The zero-order valence-corrected chi connectivity index (χ0v) is 29.5. The Balaban J connectivity index is 1.54. The lowest BCUT2D eigenvalue weighted by atomic mass is 10.0. The second-order valence-corrected chi connectivity index (χ2v) is 14.2. The van der Waals surface area contributed by atoms with Crippen LogP contribution >= 0.6 is 15.9 Å². The largest absolute Gasteiger partial charge is 0.457 e. The maximum atomic E-state index is 14.6. The van der Waals surface area contributed by atoms with Crippen LogP contribution in [0.1, 0.15) is 24.5 Å². The predicted octanol–water partition coefficient (Wildman–Crippen LogP) is 7.60. The summed E-state index contributed by atoms with van der Waals surface area (Å²) in [7, 11) is -4.21. The molecule has 5 aromatic rings. The normalized spacial score (nSPS) is 11.7. The van der Waals surface area contributed by atoms with Crippen molar-refractivity contribution in [2.24, 2.45) is 0 Å². The molecule has 0 aromatic heterocycles. The molecule has 0 fully saturated rings. The molecule has 5 rings (SSSR count). The molecule has 0 aliphatic carbocycles. The van der Waals surface area contributed by atoms with Gasteiger partial charge >= 0.3 is 0 Å². The van der Waals surface area contributed by atoms with Gasteiger partial charge in [-0.3, -0.25) is 13.9 Å². The zero-order valence-electron chi connectivity index (χ0n) is 27.1. The van der Waals surface area contributed by atoms with E-state index in [1.807, 2.05) is 91.9 Å². The third-order valence-corrected chi connectivity index (χ3v) is 10.1. The molecule has 0 aliphatic rings. The molecule has 49 heavy (non-hydrogen) atoms. The molecule has 0 saturated carbocycles. The molecule has 0 unspecified atom stereocenters. The Bertz CT molecular complexity index is 1910. The summed E-state index contributed by atoms with van der Waals surface area (Å²) in [6.07, 6.45) is 0.965. The van der Waals surface area contributed by atoms with Crippen molar-refractivity contribution >= 4 is 43.5 Å². The fourth-order valence-electron chi connectivity index (χ4n) is 5.26. The number of carbonyl (C=O) groups is 2. The summed E-state index contributed by atoms with van der Waals surface area (Å²) in [5.41, 5.74) is 1.93. The van der Waals surface area contributed by atoms with Crippen LogP contribution in [0.2, 0.25) is 0 Å². The third kappa shape index (κ3) is 9.58. The number of rotatable bonds is 15. The monoisotopic (exact) mass is 739 g/mol. The summed E-state index contributed by atoms with van der Waals surface area (Å²) >= 11 is 3.46. The van der Waals surface area contributed by atoms with Crippen LogP contribution in [0.3, 0.4) is 0 Å². The number of carbonyl (C=O) groups excluding carboxylic acids is 2. The van der Waals surface area contributed by atoms with Crippen LogP contribution in [0.15, 0.2) is 149 Å². The Kier molecular flexibility index (Phi) is 12.2. The minimum Gasteiger partial charge on any atom is -0.457 e. The smallest absolute Gasteiger partial charge is 0.264 e. The summed E-state index contributed by atoms with van der Waals surface area (Å²) in [6, 6.07) is 39.8. The number of amides is 2. The Morgan fingerprint density at radius 2 is 1.31 bits per heavy atom. The Labute approximate surface area is 296 Å². The van der Waals surface area contributed by atoms with Gasteiger partial charge in [-0.15, -0.1) is 0 Å². The molecule has 0 saturated heterocycles. The predicted molar refractivity (Wildman–Crippen MR) is 196 cm³/mol. The summed E-state index contributed by atoms with van der Waals surface area (Å²) in [5, 5.41) is 2.96. The number of halogens is 1. The number of sulfonamides is 1. The van der Waals surface area contributed by atoms with Crippen molar-refractivity contribution in [2.75, 3.05) is 17.4 Å². The first-order chi connectivity index (χ1) is 23.7. The van der Waals surface area contributed by atoms with Crippen LogP contribution in [0.5, 0.6) is 11.5 Å². The maximum absolute atomic E-state index is 14.6. The highest BCUT2D eigenvalue weighted by Crippen LogP contribution is 2.29. The summed E-state index contributed by atoms with van der Waals surface area (Å²) in [6.45, 7) is 1.95. The average Bonchev–Trinajstić information content (AvgIpc) is 3.13. The second-order valence-electron chi connectivity index (χ2n) is 11.4. The summed E-state index contributed by atoms with van der Waals surface area (Å²) < 4.78 is 36.4. The van der Waals surface area contributed by atoms with E-state index in [-0.39, 0.29) is 29.5 Å². The van der Waals surface area contributed by atoms with Crippen molar-refractivity contribution in [3.8, 4) is 11.5 Å². The first-order valence-electron chi connectivity index (χ1n) is 16.0. The van der Waals surface area contributed by atoms with E-state index in [1.54, 1.807) is 42.5 Å². The minimum absolute atomic E-state index is 0.0356. The van der Waals surface area contributed by atoms with Crippen LogP contribution in [0.4, 0.5) is 5.69 Å². The molecule has 0 heterocycles. The number of nitrogens with one attached hydrogen (secondary N) is 1. The van der Waals surface area contributed by atoms with Gasteiger partial charge in [0.05, 0.1) is 10.6 Å². The van der Waals surface area contributed by atoms with Gasteiger partial charge in [-0.05, 0) is 78.2 Å². The fourth-order valence-corrected chi connectivity index (χ4v) is 6.96. The minimum atomic E-state index is -4.21. The van der Waals surface area contributed by atoms with Gasteiger partial charge in [0.25, 0.3) is 10.0 Å². The molecule has 8 nitrogen and oxygen atoms in total. The quantitative estimate of drug-likeness (QED) is 0.119. The molecule has 1 N–H and O–H groups in total. The first kappa shape index (κ1) is 35.4. The van der Waals surface area contributed by atoms with Crippen molar-refractivity contribution < 1.29 is 22.7 Å². The number of hydrogen-bond acceptors (Lipinski definition) is 5. The molecule has 1 atom stereocenters. The number of hydrogen-bond donors (Lipinski definition) is 1. The highest BCUT2D eigenvalue weighted by Gasteiger charge is 2.34. The van der Waals surface area contributed by atoms with Crippen LogP contribution in [-0.2, 0) is 32.6 Å². The Morgan fingerprint density at radius 3 is 1.92 bits per heavy atom. The van der Waals surface area contributed by atoms with Gasteiger partial charge in [0, 0.05) is 24.0 Å². The van der Waals surface area contributed by atoms with E-state index in [2.05, 4.69) is 21.2 Å². The first-order valence-corrected chi connectivity index (χ1v) is 18.2. The number of para-hydroxylation sites is 1. The van der Waals surface area contributed by atoms with Crippen molar-refractivity contribution in [2.45, 2.75) is 37.2 Å². The van der Waals surface area contributed by atoms with Crippen molar-refractivity contribution in [3.63, 3.8) is 0 Å². The van der Waals surface area contributed by atoms with Gasteiger partial charge in [-0.25, -0.2) is 8.42 Å². The SMILES string of the molecule is CCCNC(=O)[C@H](Cc1ccccc1)N(Cc1ccc(Br)cc1)C(=O)CN(c1ccc(Oc2ccccc2)cc1)S(=O)(=O)c1ccccc1. The van der Waals surface area contributed by atoms with E-state index in [0.717, 1.165) is 26.3 Å². The highest BCUT2D eigenvalue weighted by atomic mass is 79.9. The standard InChI is InChI=1S/C39H38BrN3O5S/c1-2-26-41-39(45)37(27-30-12-6-3-7-13-30)42(28-31-18-20-32(40)21-19-31)38(44)29-43(49(46,47)36-16-10-5-11-17-36)33-22-24-35(25-23-33)48-34-14-8-4-9-15-34/h3-25,37H,2,26-29H2,1H3,(H,41,45)/t37-/m0/s1. The third-order valence-electron chi connectivity index (χ3n) is 7.80. The number of nitrogens with zero attached hydrogens (tertiary/aromatic N) is 2. The molecule has 5 aromatic carbocycles. The molecule has 0 radical (unpaired) electrons. The van der Waals surface area contributed by atoms with Crippen LogP contribution < -0.4 is 14.4 Å². The molecule has 10 heteroatoms. The molecule has 2 amide bonds. The van der Waals surface area contributed by atoms with E-state index >= 15 is 0 Å². The van der Waals surface area contributed by atoms with E-state index in [4.69, 9.17) is 4.74 Å². The average molecular weight is 741 g/mol. The lowest BCUT2D eigenvalue weighted by molar-refractivity contribution is -0.140. The van der Waals surface area contributed by atoms with Gasteiger partial charge in [-0.2, -0.15) is 0 Å². The number of ether oxygens (including phenoxy) is 1. The number of anilines is 1. The van der Waals surface area contributed by atoms with Crippen LogP contribution in [0, 0.1) is 0 Å². The van der Waals surface area contributed by atoms with Gasteiger partial charge in [-0.1, -0.05) is 102 Å². The summed E-state index contributed by atoms with van der Waals surface area (Å²) in [4.78, 5) is 29.9. The van der Waals surface area contributed by atoms with Crippen molar-refractivity contribution in [1.82, 2.24) is 10.2 Å². The van der Waals surface area contributed by atoms with Gasteiger partial charge in [0.15, 0.2) is 0 Å². The second kappa shape index (κ2) is 16.9. The van der Waals surface area contributed by atoms with E-state index in [9.17, 15) is 18.0 Å². The molecule has 0 spiro atoms. The lowest BCUT2D eigenvalue weighted by Crippen LogP contribution is -2.53. The highest BCUT2D eigenvalue weighted by molar-refractivity contribution is 9.10. The fraction of sp³-hybridized carbons (Fsp3) is 0.179. The molecular formula is C39H38BrN3O5S. The van der Waals surface area contributed by atoms with E-state index in [0.29, 0.717) is 18.0 Å². The molecule has 0 bridgehead atoms. The van der Waals surface area contributed by atoms with Gasteiger partial charge < -0.3 is 15.0 Å². The van der Waals surface area contributed by atoms with Crippen molar-refractivity contribution in [3.05, 3.63) is 155 Å². The topological polar surface area (TPSA) is 96.0 Å². The van der Waals surface area contributed by atoms with E-state index in [1.165, 1.54) is 17.0 Å². The Morgan fingerprint density at radius 1 is 0.735 bits per heavy atom. The number of benzene rings is 5. The lowest BCUT2D eigenvalue weighted by Gasteiger charge is -2.34. The van der Waals surface area contributed by atoms with Gasteiger partial charge in [0.2, 0.25) is 11.8 Å². The zero-order chi connectivity index (χ0) is 34.6. The molecule has 0 aliphatic heterocycles. The summed E-state index contributed by atoms with van der Waals surface area (Å²) in [5.74, 6) is 0.301. The van der Waals surface area contributed by atoms with Crippen LogP contribution in [-0.4, -0.2) is 44.3 Å². The van der Waals surface area contributed by atoms with Gasteiger partial charge in [0.1, 0.15) is 24.1 Å². The van der Waals surface area contributed by atoms with E-state index < -0.39 is 28.5 Å². The molecular weight excluding hydrogens is 702 g/mol. The van der Waals surface area contributed by atoms with Crippen LogP contribution in [0.25, 0.3) is 0 Å². The maximum Gasteiger partial charge on any atom is 0.264 e. The Hall–Kier alpha value is -4.93.